The molecule has 0 aromatic rings. The lowest BCUT2D eigenvalue weighted by atomic mass is 10.2. The minimum absolute atomic E-state index is 0.153. The molecule has 1 fully saturated rings. The number of carbonyl (C=O) groups excluding carboxylic acids is 1. The summed E-state index contributed by atoms with van der Waals surface area (Å²) in [6.07, 6.45) is 2.41. The Morgan fingerprint density at radius 2 is 2.14 bits per heavy atom. The Hall–Kier alpha value is -0.570. The molecule has 1 saturated carbocycles. The molecule has 3 nitrogen and oxygen atoms in total. The first kappa shape index (κ1) is 11.5. The van der Waals surface area contributed by atoms with Crippen LogP contribution in [0.4, 0.5) is 0 Å². The van der Waals surface area contributed by atoms with Gasteiger partial charge in [-0.25, -0.2) is 0 Å². The average molecular weight is 199 g/mol. The fourth-order valence-electron chi connectivity index (χ4n) is 1.54. The van der Waals surface area contributed by atoms with E-state index >= 15 is 0 Å². The number of rotatable bonds is 4. The zero-order valence-corrected chi connectivity index (χ0v) is 9.59. The molecule has 14 heavy (non-hydrogen) atoms. The van der Waals surface area contributed by atoms with Gasteiger partial charge < -0.3 is 10.1 Å². The van der Waals surface area contributed by atoms with Crippen molar-refractivity contribution in [3.05, 3.63) is 0 Å². The summed E-state index contributed by atoms with van der Waals surface area (Å²) >= 11 is 0. The van der Waals surface area contributed by atoms with Crippen LogP contribution in [-0.2, 0) is 9.53 Å². The molecule has 1 aliphatic rings. The van der Waals surface area contributed by atoms with Crippen molar-refractivity contribution in [1.82, 2.24) is 5.32 Å². The van der Waals surface area contributed by atoms with Crippen LogP contribution < -0.4 is 5.32 Å². The van der Waals surface area contributed by atoms with E-state index in [9.17, 15) is 4.79 Å². The smallest absolute Gasteiger partial charge is 0.320 e. The number of ether oxygens (including phenoxy) is 1. The highest BCUT2D eigenvalue weighted by Crippen LogP contribution is 2.32. The van der Waals surface area contributed by atoms with E-state index in [0.29, 0.717) is 12.6 Å². The molecule has 1 rings (SSSR count). The molecule has 2 atom stereocenters. The van der Waals surface area contributed by atoms with Crippen molar-refractivity contribution >= 4 is 5.97 Å². The summed E-state index contributed by atoms with van der Waals surface area (Å²) in [7, 11) is 0. The monoisotopic (exact) mass is 199 g/mol. The van der Waals surface area contributed by atoms with E-state index in [1.807, 2.05) is 20.8 Å². The Morgan fingerprint density at radius 1 is 1.50 bits per heavy atom. The first-order valence-corrected chi connectivity index (χ1v) is 5.37. The molecule has 1 N–H and O–H groups in total. The summed E-state index contributed by atoms with van der Waals surface area (Å²) in [6.45, 7) is 8.18. The molecule has 0 spiro atoms. The van der Waals surface area contributed by atoms with Gasteiger partial charge in [0.15, 0.2) is 0 Å². The Labute approximate surface area is 86.2 Å². The van der Waals surface area contributed by atoms with E-state index in [0.717, 1.165) is 5.92 Å². The van der Waals surface area contributed by atoms with Gasteiger partial charge >= 0.3 is 5.97 Å². The summed E-state index contributed by atoms with van der Waals surface area (Å²) in [5, 5.41) is 3.21. The second-order valence-electron chi connectivity index (χ2n) is 4.98. The fraction of sp³-hybridized carbons (Fsp3) is 0.909. The summed E-state index contributed by atoms with van der Waals surface area (Å²) in [5.74, 6) is 0.622. The minimum Gasteiger partial charge on any atom is -0.459 e. The zero-order valence-electron chi connectivity index (χ0n) is 9.59. The molecule has 0 saturated heterocycles. The van der Waals surface area contributed by atoms with Crippen LogP contribution in [0, 0.1) is 5.92 Å². The molecule has 0 heterocycles. The number of nitrogens with one attached hydrogen (secondary N) is 1. The predicted octanol–water partition coefficient (Wildman–Crippen LogP) is 1.72. The molecule has 0 aromatic heterocycles. The molecule has 0 amide bonds. The zero-order chi connectivity index (χ0) is 10.8. The molecule has 0 radical (unpaired) electrons. The Morgan fingerprint density at radius 3 is 2.57 bits per heavy atom. The topological polar surface area (TPSA) is 38.3 Å². The Kier molecular flexibility index (Phi) is 3.53. The van der Waals surface area contributed by atoms with Gasteiger partial charge in [-0.05, 0) is 33.1 Å². The van der Waals surface area contributed by atoms with E-state index in [-0.39, 0.29) is 11.6 Å². The molecular weight excluding hydrogens is 178 g/mol. The van der Waals surface area contributed by atoms with Crippen molar-refractivity contribution in [3.63, 3.8) is 0 Å². The quantitative estimate of drug-likeness (QED) is 0.701. The fourth-order valence-corrected chi connectivity index (χ4v) is 1.54. The maximum atomic E-state index is 11.3. The highest BCUT2D eigenvalue weighted by atomic mass is 16.6. The van der Waals surface area contributed by atoms with E-state index in [2.05, 4.69) is 12.2 Å². The van der Waals surface area contributed by atoms with E-state index in [4.69, 9.17) is 4.74 Å². The first-order valence-electron chi connectivity index (χ1n) is 5.37. The predicted molar refractivity (Wildman–Crippen MR) is 56.0 cm³/mol. The van der Waals surface area contributed by atoms with Gasteiger partial charge in [-0.3, -0.25) is 4.79 Å². The number of carbonyl (C=O) groups is 1. The molecule has 0 aliphatic heterocycles. The summed E-state index contributed by atoms with van der Waals surface area (Å²) < 4.78 is 5.18. The summed E-state index contributed by atoms with van der Waals surface area (Å²) in [5.41, 5.74) is -0.369. The molecule has 82 valence electrons. The van der Waals surface area contributed by atoms with Crippen molar-refractivity contribution in [3.8, 4) is 0 Å². The largest absolute Gasteiger partial charge is 0.459 e. The average Bonchev–Trinajstić information content (AvgIpc) is 2.76. The lowest BCUT2D eigenvalue weighted by molar-refractivity contribution is -0.153. The van der Waals surface area contributed by atoms with Crippen LogP contribution in [0.3, 0.4) is 0 Å². The van der Waals surface area contributed by atoms with Gasteiger partial charge in [0.25, 0.3) is 0 Å². The molecular formula is C11H21NO2. The lowest BCUT2D eigenvalue weighted by Crippen LogP contribution is -2.32. The molecule has 0 bridgehead atoms. The summed E-state index contributed by atoms with van der Waals surface area (Å²) in [6, 6.07) is 0.549. The number of esters is 1. The number of hydrogen-bond donors (Lipinski definition) is 1. The standard InChI is InChI=1S/C11H21NO2/c1-5-8-6-9(8)12-7-10(13)14-11(2,3)4/h8-9,12H,5-7H2,1-4H3. The SMILES string of the molecule is CCC1CC1NCC(=O)OC(C)(C)C. The summed E-state index contributed by atoms with van der Waals surface area (Å²) in [4.78, 5) is 11.3. The van der Waals surface area contributed by atoms with Gasteiger partial charge in [0.05, 0.1) is 6.54 Å². The molecule has 3 heteroatoms. The third kappa shape index (κ3) is 4.09. The van der Waals surface area contributed by atoms with Crippen LogP contribution in [0.15, 0.2) is 0 Å². The van der Waals surface area contributed by atoms with Gasteiger partial charge in [-0.1, -0.05) is 13.3 Å². The van der Waals surface area contributed by atoms with Gasteiger partial charge in [0.2, 0.25) is 0 Å². The molecule has 1 aliphatic carbocycles. The van der Waals surface area contributed by atoms with Crippen LogP contribution >= 0.6 is 0 Å². The van der Waals surface area contributed by atoms with E-state index < -0.39 is 0 Å². The second-order valence-corrected chi connectivity index (χ2v) is 4.98. The lowest BCUT2D eigenvalue weighted by Gasteiger charge is -2.19. The van der Waals surface area contributed by atoms with Crippen molar-refractivity contribution in [2.45, 2.75) is 52.2 Å². The normalized spacial score (nSPS) is 26.0. The van der Waals surface area contributed by atoms with Crippen LogP contribution in [0.25, 0.3) is 0 Å². The first-order chi connectivity index (χ1) is 6.42. The van der Waals surface area contributed by atoms with Crippen LogP contribution in [0.1, 0.15) is 40.5 Å². The molecule has 0 aromatic carbocycles. The van der Waals surface area contributed by atoms with Gasteiger partial charge in [-0.15, -0.1) is 0 Å². The minimum atomic E-state index is -0.369. The van der Waals surface area contributed by atoms with Gasteiger partial charge in [0, 0.05) is 6.04 Å². The van der Waals surface area contributed by atoms with E-state index in [1.165, 1.54) is 12.8 Å². The Bertz CT molecular complexity index is 208. The maximum Gasteiger partial charge on any atom is 0.320 e. The maximum absolute atomic E-state index is 11.3. The van der Waals surface area contributed by atoms with Crippen LogP contribution in [0.2, 0.25) is 0 Å². The third-order valence-electron chi connectivity index (χ3n) is 2.38. The van der Waals surface area contributed by atoms with Crippen LogP contribution in [0.5, 0.6) is 0 Å². The van der Waals surface area contributed by atoms with Gasteiger partial charge in [0.1, 0.15) is 5.60 Å². The highest BCUT2D eigenvalue weighted by Gasteiger charge is 2.35. The highest BCUT2D eigenvalue weighted by molar-refractivity contribution is 5.72. The van der Waals surface area contributed by atoms with Crippen molar-refractivity contribution < 1.29 is 9.53 Å². The number of hydrogen-bond acceptors (Lipinski definition) is 3. The van der Waals surface area contributed by atoms with Crippen molar-refractivity contribution in [2.24, 2.45) is 5.92 Å². The van der Waals surface area contributed by atoms with E-state index in [1.54, 1.807) is 0 Å². The Balaban J connectivity index is 2.10. The van der Waals surface area contributed by atoms with Gasteiger partial charge in [-0.2, -0.15) is 0 Å². The third-order valence-corrected chi connectivity index (χ3v) is 2.38. The molecule has 2 unspecified atom stereocenters. The van der Waals surface area contributed by atoms with Crippen molar-refractivity contribution in [2.75, 3.05) is 6.54 Å². The second kappa shape index (κ2) is 4.30. The van der Waals surface area contributed by atoms with Crippen LogP contribution in [-0.4, -0.2) is 24.2 Å². The van der Waals surface area contributed by atoms with Crippen molar-refractivity contribution in [1.29, 1.82) is 0 Å².